The molecular formula is C16H31NS. The van der Waals surface area contributed by atoms with Gasteiger partial charge in [-0.05, 0) is 42.3 Å². The van der Waals surface area contributed by atoms with Crippen LogP contribution in [0, 0.1) is 17.3 Å². The van der Waals surface area contributed by atoms with Crippen LogP contribution in [0.2, 0.25) is 0 Å². The van der Waals surface area contributed by atoms with Gasteiger partial charge in [0.25, 0.3) is 0 Å². The second kappa shape index (κ2) is 6.65. The molecule has 18 heavy (non-hydrogen) atoms. The molecule has 1 nitrogen and oxygen atoms in total. The standard InChI is InChI=1S/C16H31NS/c1-14-9-15(2)11-17(10-14)12-16(13-18)7-5-3-4-6-8-16/h14-15,18H,3-13H2,1-2H3. The average Bonchev–Trinajstić information content (AvgIpc) is 2.54. The molecule has 1 saturated heterocycles. The molecule has 0 bridgehead atoms. The van der Waals surface area contributed by atoms with Crippen LogP contribution in [0.1, 0.15) is 58.8 Å². The molecule has 0 N–H and O–H groups in total. The van der Waals surface area contributed by atoms with Crippen molar-refractivity contribution in [2.45, 2.75) is 58.8 Å². The van der Waals surface area contributed by atoms with Crippen LogP contribution in [0.5, 0.6) is 0 Å². The molecule has 2 heteroatoms. The summed E-state index contributed by atoms with van der Waals surface area (Å²) in [5, 5.41) is 0. The average molecular weight is 269 g/mol. The quantitative estimate of drug-likeness (QED) is 0.592. The highest BCUT2D eigenvalue weighted by atomic mass is 32.1. The van der Waals surface area contributed by atoms with Crippen LogP contribution in [-0.2, 0) is 0 Å². The summed E-state index contributed by atoms with van der Waals surface area (Å²) >= 11 is 4.72. The Morgan fingerprint density at radius 3 is 2.06 bits per heavy atom. The van der Waals surface area contributed by atoms with Gasteiger partial charge in [-0.1, -0.05) is 39.5 Å². The second-order valence-corrected chi connectivity index (χ2v) is 7.53. The third-order valence-electron chi connectivity index (χ3n) is 5.00. The molecule has 2 atom stereocenters. The van der Waals surface area contributed by atoms with Gasteiger partial charge in [0.15, 0.2) is 0 Å². The van der Waals surface area contributed by atoms with Gasteiger partial charge in [0.1, 0.15) is 0 Å². The molecule has 0 aromatic carbocycles. The molecule has 2 aliphatic rings. The Kier molecular flexibility index (Phi) is 5.44. The van der Waals surface area contributed by atoms with Crippen LogP contribution in [-0.4, -0.2) is 30.3 Å². The minimum atomic E-state index is 0.524. The summed E-state index contributed by atoms with van der Waals surface area (Å²) < 4.78 is 0. The van der Waals surface area contributed by atoms with Gasteiger partial charge in [0, 0.05) is 19.6 Å². The number of nitrogens with zero attached hydrogens (tertiary/aromatic N) is 1. The highest BCUT2D eigenvalue weighted by Gasteiger charge is 2.33. The van der Waals surface area contributed by atoms with Gasteiger partial charge < -0.3 is 4.90 Å². The molecule has 0 amide bonds. The monoisotopic (exact) mass is 269 g/mol. The molecule has 1 aliphatic carbocycles. The predicted molar refractivity (Wildman–Crippen MR) is 83.4 cm³/mol. The van der Waals surface area contributed by atoms with Crippen LogP contribution in [0.25, 0.3) is 0 Å². The Bertz CT molecular complexity index is 235. The van der Waals surface area contributed by atoms with Crippen molar-refractivity contribution in [3.63, 3.8) is 0 Å². The Morgan fingerprint density at radius 1 is 1.00 bits per heavy atom. The molecular weight excluding hydrogens is 238 g/mol. The van der Waals surface area contributed by atoms with E-state index in [9.17, 15) is 0 Å². The van der Waals surface area contributed by atoms with Crippen molar-refractivity contribution in [2.75, 3.05) is 25.4 Å². The molecule has 1 aliphatic heterocycles. The fourth-order valence-corrected chi connectivity index (χ4v) is 4.66. The maximum absolute atomic E-state index is 4.72. The molecule has 106 valence electrons. The van der Waals surface area contributed by atoms with E-state index in [4.69, 9.17) is 12.6 Å². The Hall–Kier alpha value is 0.310. The highest BCUT2D eigenvalue weighted by molar-refractivity contribution is 7.80. The summed E-state index contributed by atoms with van der Waals surface area (Å²) in [6.07, 6.45) is 10.00. The minimum absolute atomic E-state index is 0.524. The van der Waals surface area contributed by atoms with Crippen LogP contribution in [0.15, 0.2) is 0 Å². The first kappa shape index (κ1) is 14.7. The molecule has 0 aromatic heterocycles. The molecule has 2 fully saturated rings. The van der Waals surface area contributed by atoms with Gasteiger partial charge in [-0.25, -0.2) is 0 Å². The fourth-order valence-electron chi connectivity index (χ4n) is 4.24. The lowest BCUT2D eigenvalue weighted by Gasteiger charge is -2.42. The Balaban J connectivity index is 1.95. The lowest BCUT2D eigenvalue weighted by atomic mass is 9.80. The summed E-state index contributed by atoms with van der Waals surface area (Å²) in [6, 6.07) is 0. The van der Waals surface area contributed by atoms with E-state index in [0.717, 1.165) is 17.6 Å². The second-order valence-electron chi connectivity index (χ2n) is 7.21. The van der Waals surface area contributed by atoms with Crippen LogP contribution in [0.4, 0.5) is 0 Å². The number of likely N-dealkylation sites (tertiary alicyclic amines) is 1. The van der Waals surface area contributed by atoms with E-state index in [1.54, 1.807) is 0 Å². The zero-order valence-electron chi connectivity index (χ0n) is 12.3. The molecule has 0 radical (unpaired) electrons. The molecule has 1 heterocycles. The topological polar surface area (TPSA) is 3.24 Å². The normalized spacial score (nSPS) is 34.2. The highest BCUT2D eigenvalue weighted by Crippen LogP contribution is 2.38. The maximum Gasteiger partial charge on any atom is 0.00460 e. The van der Waals surface area contributed by atoms with Crippen LogP contribution in [0.3, 0.4) is 0 Å². The third-order valence-corrected chi connectivity index (χ3v) is 5.67. The molecule has 2 unspecified atom stereocenters. The molecule has 0 aromatic rings. The van der Waals surface area contributed by atoms with Gasteiger partial charge in [0.2, 0.25) is 0 Å². The molecule has 2 rings (SSSR count). The third kappa shape index (κ3) is 3.90. The summed E-state index contributed by atoms with van der Waals surface area (Å²) in [7, 11) is 0. The van der Waals surface area contributed by atoms with Gasteiger partial charge in [0.05, 0.1) is 0 Å². The van der Waals surface area contributed by atoms with Crippen molar-refractivity contribution in [1.29, 1.82) is 0 Å². The molecule has 0 spiro atoms. The van der Waals surface area contributed by atoms with Gasteiger partial charge in [-0.15, -0.1) is 0 Å². The summed E-state index contributed by atoms with van der Waals surface area (Å²) in [5.74, 6) is 2.86. The number of thiol groups is 1. The minimum Gasteiger partial charge on any atom is -0.302 e. The number of hydrogen-bond acceptors (Lipinski definition) is 2. The first-order chi connectivity index (χ1) is 8.63. The zero-order chi connectivity index (χ0) is 13.0. The lowest BCUT2D eigenvalue weighted by Crippen LogP contribution is -2.45. The van der Waals surface area contributed by atoms with Gasteiger partial charge in [-0.3, -0.25) is 0 Å². The molecule has 1 saturated carbocycles. The van der Waals surface area contributed by atoms with Crippen molar-refractivity contribution in [2.24, 2.45) is 17.3 Å². The van der Waals surface area contributed by atoms with Crippen molar-refractivity contribution in [1.82, 2.24) is 4.90 Å². The summed E-state index contributed by atoms with van der Waals surface area (Å²) in [4.78, 5) is 2.75. The van der Waals surface area contributed by atoms with Crippen LogP contribution >= 0.6 is 12.6 Å². The van der Waals surface area contributed by atoms with Crippen molar-refractivity contribution in [3.05, 3.63) is 0 Å². The predicted octanol–water partition coefficient (Wildman–Crippen LogP) is 4.23. The first-order valence-electron chi connectivity index (χ1n) is 7.97. The maximum atomic E-state index is 4.72. The summed E-state index contributed by atoms with van der Waals surface area (Å²) in [5.41, 5.74) is 0.524. The fraction of sp³-hybridized carbons (Fsp3) is 1.00. The van der Waals surface area contributed by atoms with E-state index in [2.05, 4.69) is 18.7 Å². The van der Waals surface area contributed by atoms with E-state index in [0.29, 0.717) is 5.41 Å². The number of piperidine rings is 1. The largest absolute Gasteiger partial charge is 0.302 e. The number of hydrogen-bond donors (Lipinski definition) is 1. The summed E-state index contributed by atoms with van der Waals surface area (Å²) in [6.45, 7) is 8.79. The van der Waals surface area contributed by atoms with Crippen LogP contribution < -0.4 is 0 Å². The van der Waals surface area contributed by atoms with Gasteiger partial charge >= 0.3 is 0 Å². The van der Waals surface area contributed by atoms with E-state index >= 15 is 0 Å². The van der Waals surface area contributed by atoms with E-state index in [-0.39, 0.29) is 0 Å². The lowest BCUT2D eigenvalue weighted by molar-refractivity contribution is 0.0840. The van der Waals surface area contributed by atoms with E-state index < -0.39 is 0 Å². The van der Waals surface area contributed by atoms with E-state index in [1.807, 2.05) is 0 Å². The number of rotatable bonds is 3. The van der Waals surface area contributed by atoms with Crippen molar-refractivity contribution < 1.29 is 0 Å². The Morgan fingerprint density at radius 2 is 1.56 bits per heavy atom. The SMILES string of the molecule is CC1CC(C)CN(CC2(CS)CCCCCC2)C1. The van der Waals surface area contributed by atoms with E-state index in [1.165, 1.54) is 64.6 Å². The van der Waals surface area contributed by atoms with Gasteiger partial charge in [-0.2, -0.15) is 12.6 Å². The van der Waals surface area contributed by atoms with Crippen molar-refractivity contribution in [3.8, 4) is 0 Å². The zero-order valence-corrected chi connectivity index (χ0v) is 13.2. The van der Waals surface area contributed by atoms with Crippen molar-refractivity contribution >= 4 is 12.6 Å². The smallest absolute Gasteiger partial charge is 0.00460 e. The Labute approximate surface area is 119 Å². The first-order valence-corrected chi connectivity index (χ1v) is 8.60.